The van der Waals surface area contributed by atoms with Crippen LogP contribution in [0.2, 0.25) is 0 Å². The third-order valence-corrected chi connectivity index (χ3v) is 5.89. The molecular weight excluding hydrogens is 372 g/mol. The molecule has 28 heavy (non-hydrogen) atoms. The number of benzene rings is 1. The van der Waals surface area contributed by atoms with E-state index in [9.17, 15) is 4.79 Å². The maximum absolute atomic E-state index is 12.3. The van der Waals surface area contributed by atoms with E-state index in [0.717, 1.165) is 44.1 Å². The average Bonchev–Trinajstić information content (AvgIpc) is 3.16. The van der Waals surface area contributed by atoms with Crippen LogP contribution in [-0.2, 0) is 4.79 Å². The molecule has 0 radical (unpaired) electrons. The Bertz CT molecular complexity index is 933. The summed E-state index contributed by atoms with van der Waals surface area (Å²) in [6, 6.07) is 13.8. The summed E-state index contributed by atoms with van der Waals surface area (Å²) in [4.78, 5) is 17.1. The Morgan fingerprint density at radius 2 is 1.86 bits per heavy atom. The molecule has 0 saturated carbocycles. The maximum atomic E-state index is 12.3. The van der Waals surface area contributed by atoms with E-state index >= 15 is 0 Å². The first-order chi connectivity index (χ1) is 13.7. The molecule has 1 saturated heterocycles. The Hall–Kier alpha value is -2.58. The van der Waals surface area contributed by atoms with E-state index in [1.165, 1.54) is 17.4 Å². The molecule has 8 heteroatoms. The van der Waals surface area contributed by atoms with Crippen molar-refractivity contribution in [1.29, 1.82) is 0 Å². The van der Waals surface area contributed by atoms with Crippen LogP contribution in [0.15, 0.2) is 53.8 Å². The van der Waals surface area contributed by atoms with Gasteiger partial charge in [-0.1, -0.05) is 24.8 Å². The zero-order chi connectivity index (χ0) is 19.3. The number of amides is 1. The van der Waals surface area contributed by atoms with Crippen molar-refractivity contribution in [2.45, 2.75) is 12.1 Å². The second-order valence-electron chi connectivity index (χ2n) is 6.72. The largest absolute Gasteiger partial charge is 0.369 e. The van der Waals surface area contributed by atoms with Crippen LogP contribution in [0.5, 0.6) is 0 Å². The number of rotatable bonds is 6. The Labute approximate surface area is 168 Å². The number of hydrogen-bond acceptors (Lipinski definition) is 6. The number of nitrogens with one attached hydrogen (secondary N) is 1. The second kappa shape index (κ2) is 8.62. The molecule has 1 N–H and O–H groups in total. The van der Waals surface area contributed by atoms with Gasteiger partial charge in [-0.2, -0.15) is 0 Å². The van der Waals surface area contributed by atoms with Gasteiger partial charge in [-0.25, -0.2) is 0 Å². The summed E-state index contributed by atoms with van der Waals surface area (Å²) in [5.41, 5.74) is 2.80. The first kappa shape index (κ1) is 18.8. The average molecular weight is 397 g/mol. The van der Waals surface area contributed by atoms with Gasteiger partial charge < -0.3 is 15.1 Å². The van der Waals surface area contributed by atoms with Gasteiger partial charge in [0.25, 0.3) is 0 Å². The normalized spacial score (nSPS) is 15.1. The van der Waals surface area contributed by atoms with Crippen LogP contribution >= 0.6 is 11.8 Å². The number of aromatic nitrogens is 3. The van der Waals surface area contributed by atoms with E-state index in [4.69, 9.17) is 0 Å². The lowest BCUT2D eigenvalue weighted by atomic mass is 10.2. The molecule has 3 aromatic rings. The van der Waals surface area contributed by atoms with Crippen LogP contribution in [0.25, 0.3) is 5.65 Å². The molecule has 146 valence electrons. The fraction of sp³-hybridized carbons (Fsp3) is 0.350. The van der Waals surface area contributed by atoms with Gasteiger partial charge >= 0.3 is 0 Å². The van der Waals surface area contributed by atoms with E-state index in [1.54, 1.807) is 0 Å². The highest BCUT2D eigenvalue weighted by Gasteiger charge is 2.16. The van der Waals surface area contributed by atoms with Gasteiger partial charge in [-0.05, 0) is 42.9 Å². The first-order valence-electron chi connectivity index (χ1n) is 9.52. The van der Waals surface area contributed by atoms with E-state index < -0.39 is 0 Å². The molecule has 1 aromatic carbocycles. The lowest BCUT2D eigenvalue weighted by molar-refractivity contribution is -0.113. The van der Waals surface area contributed by atoms with Gasteiger partial charge in [-0.15, -0.1) is 10.2 Å². The van der Waals surface area contributed by atoms with Crippen LogP contribution in [0.4, 0.5) is 11.4 Å². The van der Waals surface area contributed by atoms with E-state index in [-0.39, 0.29) is 11.7 Å². The smallest absolute Gasteiger partial charge is 0.234 e. The van der Waals surface area contributed by atoms with Gasteiger partial charge in [0.05, 0.1) is 5.75 Å². The highest BCUT2D eigenvalue weighted by atomic mass is 32.2. The molecule has 1 fully saturated rings. The third-order valence-electron chi connectivity index (χ3n) is 4.95. The topological polar surface area (TPSA) is 65.8 Å². The predicted molar refractivity (Wildman–Crippen MR) is 113 cm³/mol. The minimum atomic E-state index is -0.0537. The molecule has 0 bridgehead atoms. The van der Waals surface area contributed by atoms with Gasteiger partial charge in [0.1, 0.15) is 0 Å². The van der Waals surface area contributed by atoms with Crippen molar-refractivity contribution in [1.82, 2.24) is 19.5 Å². The Balaban J connectivity index is 1.30. The van der Waals surface area contributed by atoms with Crippen LogP contribution < -0.4 is 10.2 Å². The molecule has 3 heterocycles. The van der Waals surface area contributed by atoms with Crippen molar-refractivity contribution >= 4 is 34.7 Å². The van der Waals surface area contributed by atoms with E-state index in [1.807, 2.05) is 40.9 Å². The number of hydrogen-bond donors (Lipinski definition) is 1. The standard InChI is InChI=1S/C20H24N6OS/c1-2-24-11-13-25(14-12-24)17-8-6-16(7-9-17)21-19(27)15-28-20-23-22-18-5-3-4-10-26(18)20/h3-10H,2,11-15H2,1H3,(H,21,27). The Morgan fingerprint density at radius 1 is 1.07 bits per heavy atom. The minimum absolute atomic E-state index is 0.0537. The van der Waals surface area contributed by atoms with Crippen molar-refractivity contribution in [2.24, 2.45) is 0 Å². The second-order valence-corrected chi connectivity index (χ2v) is 7.66. The first-order valence-corrected chi connectivity index (χ1v) is 10.5. The molecule has 1 aliphatic heterocycles. The summed E-state index contributed by atoms with van der Waals surface area (Å²) < 4.78 is 1.88. The number of likely N-dealkylation sites (N-methyl/N-ethyl adjacent to an activating group) is 1. The van der Waals surface area contributed by atoms with Crippen LogP contribution in [0.1, 0.15) is 6.92 Å². The number of carbonyl (C=O) groups is 1. The highest BCUT2D eigenvalue weighted by Crippen LogP contribution is 2.21. The van der Waals surface area contributed by atoms with E-state index in [2.05, 4.69) is 44.4 Å². The monoisotopic (exact) mass is 396 g/mol. The van der Waals surface area contributed by atoms with Crippen molar-refractivity contribution in [2.75, 3.05) is 48.7 Å². The molecular formula is C20H24N6OS. The van der Waals surface area contributed by atoms with Gasteiger partial charge in [-0.3, -0.25) is 9.20 Å². The van der Waals surface area contributed by atoms with Crippen molar-refractivity contribution in [3.8, 4) is 0 Å². The van der Waals surface area contributed by atoms with Gasteiger partial charge in [0.2, 0.25) is 5.91 Å². The quantitative estimate of drug-likeness (QED) is 0.646. The fourth-order valence-electron chi connectivity index (χ4n) is 3.32. The maximum Gasteiger partial charge on any atom is 0.234 e. The number of nitrogens with zero attached hydrogens (tertiary/aromatic N) is 5. The molecule has 0 spiro atoms. The molecule has 1 aliphatic rings. The predicted octanol–water partition coefficient (Wildman–Crippen LogP) is 2.60. The number of anilines is 2. The molecule has 0 aliphatic carbocycles. The summed E-state index contributed by atoms with van der Waals surface area (Å²) in [5, 5.41) is 11.9. The van der Waals surface area contributed by atoms with Crippen LogP contribution in [-0.4, -0.2) is 63.9 Å². The molecule has 1 amide bonds. The zero-order valence-electron chi connectivity index (χ0n) is 15.9. The van der Waals surface area contributed by atoms with Gasteiger partial charge in [0.15, 0.2) is 10.8 Å². The molecule has 0 atom stereocenters. The number of carbonyl (C=O) groups excluding carboxylic acids is 1. The molecule has 7 nitrogen and oxygen atoms in total. The Kier molecular flexibility index (Phi) is 5.78. The molecule has 4 rings (SSSR count). The summed E-state index contributed by atoms with van der Waals surface area (Å²) in [5.74, 6) is 0.234. The summed E-state index contributed by atoms with van der Waals surface area (Å²) in [6.45, 7) is 7.61. The summed E-state index contributed by atoms with van der Waals surface area (Å²) >= 11 is 1.38. The van der Waals surface area contributed by atoms with Crippen LogP contribution in [0, 0.1) is 0 Å². The van der Waals surface area contributed by atoms with Crippen molar-refractivity contribution < 1.29 is 4.79 Å². The number of pyridine rings is 1. The van der Waals surface area contributed by atoms with Crippen molar-refractivity contribution in [3.05, 3.63) is 48.7 Å². The Morgan fingerprint density at radius 3 is 2.61 bits per heavy atom. The highest BCUT2D eigenvalue weighted by molar-refractivity contribution is 7.99. The molecule has 0 unspecified atom stereocenters. The number of fused-ring (bicyclic) bond motifs is 1. The van der Waals surface area contributed by atoms with Crippen LogP contribution in [0.3, 0.4) is 0 Å². The van der Waals surface area contributed by atoms with Crippen molar-refractivity contribution in [3.63, 3.8) is 0 Å². The zero-order valence-corrected chi connectivity index (χ0v) is 16.7. The summed E-state index contributed by atoms with van der Waals surface area (Å²) in [6.07, 6.45) is 1.90. The number of piperazine rings is 1. The lowest BCUT2D eigenvalue weighted by Gasteiger charge is -2.35. The minimum Gasteiger partial charge on any atom is -0.369 e. The number of thioether (sulfide) groups is 1. The summed E-state index contributed by atoms with van der Waals surface area (Å²) in [7, 11) is 0. The lowest BCUT2D eigenvalue weighted by Crippen LogP contribution is -2.46. The SMILES string of the molecule is CCN1CCN(c2ccc(NC(=O)CSc3nnc4ccccn34)cc2)CC1. The van der Waals surface area contributed by atoms with Gasteiger partial charge in [0, 0.05) is 43.8 Å². The van der Waals surface area contributed by atoms with E-state index in [0.29, 0.717) is 5.16 Å². The third kappa shape index (κ3) is 4.28. The fourth-order valence-corrected chi connectivity index (χ4v) is 4.05. The molecule has 2 aromatic heterocycles.